The van der Waals surface area contributed by atoms with Crippen LogP contribution in [-0.2, 0) is 9.59 Å². The first kappa shape index (κ1) is 25.8. The van der Waals surface area contributed by atoms with Crippen LogP contribution in [0.15, 0.2) is 36.5 Å². The van der Waals surface area contributed by atoms with E-state index in [4.69, 9.17) is 0 Å². The van der Waals surface area contributed by atoms with Gasteiger partial charge in [-0.15, -0.1) is 0 Å². The maximum absolute atomic E-state index is 13.7. The van der Waals surface area contributed by atoms with Gasteiger partial charge in [-0.3, -0.25) is 14.5 Å². The largest absolute Gasteiger partial charge is 0.393 e. The molecule has 1 aromatic carbocycles. The lowest BCUT2D eigenvalue weighted by Gasteiger charge is -2.40. The standard InChI is InChI=1S/C33H45N3O3/c1-20-26-17-27(29(20)21(2)37)31-30(26)32(38)36(33(31)39)19-24-9-4-3-8-23(24)18-34-14-12-25(13-15-34)35-16-11-22-7-5-6-10-28(22)35/h5-7,10-11,16,20-21,23-27,29-31,37H,3-4,8-9,12-15,17-19H2,1-2H3/t20?,21?,23-,24-,26?,27?,29?,30?,31?/m0/s1. The Morgan fingerprint density at radius 3 is 2.28 bits per heavy atom. The summed E-state index contributed by atoms with van der Waals surface area (Å²) in [5.74, 6) is 1.79. The van der Waals surface area contributed by atoms with Gasteiger partial charge in [-0.05, 0) is 92.1 Å². The predicted octanol–water partition coefficient (Wildman–Crippen LogP) is 4.97. The van der Waals surface area contributed by atoms with Gasteiger partial charge < -0.3 is 14.6 Å². The Morgan fingerprint density at radius 1 is 0.897 bits per heavy atom. The van der Waals surface area contributed by atoms with E-state index in [0.717, 1.165) is 32.5 Å². The monoisotopic (exact) mass is 531 g/mol. The average molecular weight is 532 g/mol. The summed E-state index contributed by atoms with van der Waals surface area (Å²) in [5.41, 5.74) is 1.34. The first-order valence-corrected chi connectivity index (χ1v) is 15.7. The Morgan fingerprint density at radius 2 is 1.56 bits per heavy atom. The Labute approximate surface area is 232 Å². The first-order valence-electron chi connectivity index (χ1n) is 15.7. The molecule has 1 aromatic heterocycles. The number of fused-ring (bicyclic) bond motifs is 6. The SMILES string of the molecule is CC(O)C1C(C)C2CC1C1C(=O)N(C[C@@H]3CCCC[C@H]3CN3CCC(n4ccc5ccccc54)CC3)C(=O)C21. The summed E-state index contributed by atoms with van der Waals surface area (Å²) >= 11 is 0. The summed E-state index contributed by atoms with van der Waals surface area (Å²) < 4.78 is 2.48. The molecule has 2 saturated heterocycles. The summed E-state index contributed by atoms with van der Waals surface area (Å²) in [6, 6.07) is 11.5. The topological polar surface area (TPSA) is 65.8 Å². The molecule has 2 aromatic rings. The number of rotatable bonds is 6. The van der Waals surface area contributed by atoms with Gasteiger partial charge in [-0.25, -0.2) is 0 Å². The van der Waals surface area contributed by atoms with Crippen LogP contribution in [0.2, 0.25) is 0 Å². The number of piperidine rings is 1. The van der Waals surface area contributed by atoms with Crippen LogP contribution in [0.3, 0.4) is 0 Å². The highest BCUT2D eigenvalue weighted by Gasteiger charge is 2.66. The number of aliphatic hydroxyl groups excluding tert-OH is 1. The van der Waals surface area contributed by atoms with Crippen molar-refractivity contribution < 1.29 is 14.7 Å². The molecule has 7 unspecified atom stereocenters. The molecule has 7 rings (SSSR count). The van der Waals surface area contributed by atoms with Crippen molar-refractivity contribution in [3.63, 3.8) is 0 Å². The number of likely N-dealkylation sites (tertiary alicyclic amines) is 2. The molecule has 2 aliphatic heterocycles. The molecule has 210 valence electrons. The summed E-state index contributed by atoms with van der Waals surface area (Å²) in [6.45, 7) is 8.01. The molecule has 6 nitrogen and oxygen atoms in total. The summed E-state index contributed by atoms with van der Waals surface area (Å²) in [5, 5.41) is 11.8. The molecule has 39 heavy (non-hydrogen) atoms. The normalized spacial score (nSPS) is 38.2. The van der Waals surface area contributed by atoms with Gasteiger partial charge in [0.25, 0.3) is 0 Å². The molecule has 3 saturated carbocycles. The Balaban J connectivity index is 0.993. The van der Waals surface area contributed by atoms with Gasteiger partial charge in [0.05, 0.1) is 17.9 Å². The molecule has 5 fully saturated rings. The lowest BCUT2D eigenvalue weighted by Crippen LogP contribution is -2.44. The van der Waals surface area contributed by atoms with Crippen molar-refractivity contribution in [2.45, 2.75) is 70.9 Å². The number of aromatic nitrogens is 1. The molecule has 2 bridgehead atoms. The Hall–Kier alpha value is -2.18. The van der Waals surface area contributed by atoms with Crippen molar-refractivity contribution in [3.8, 4) is 0 Å². The number of para-hydroxylation sites is 1. The minimum atomic E-state index is -0.406. The minimum absolute atomic E-state index is 0.0825. The zero-order chi connectivity index (χ0) is 26.8. The number of carbonyl (C=O) groups excluding carboxylic acids is 2. The third-order valence-corrected chi connectivity index (χ3v) is 11.8. The summed E-state index contributed by atoms with van der Waals surface area (Å²) in [4.78, 5) is 31.7. The van der Waals surface area contributed by atoms with Gasteiger partial charge in [0, 0.05) is 43.9 Å². The van der Waals surface area contributed by atoms with Gasteiger partial charge in [0.2, 0.25) is 11.8 Å². The number of carbonyl (C=O) groups is 2. The van der Waals surface area contributed by atoms with Crippen LogP contribution in [-0.4, -0.2) is 63.6 Å². The fourth-order valence-electron chi connectivity index (χ4n) is 10.0. The molecular weight excluding hydrogens is 486 g/mol. The zero-order valence-electron chi connectivity index (χ0n) is 23.6. The van der Waals surface area contributed by atoms with Gasteiger partial charge >= 0.3 is 0 Å². The minimum Gasteiger partial charge on any atom is -0.393 e. The van der Waals surface area contributed by atoms with E-state index in [1.807, 2.05) is 6.92 Å². The number of imide groups is 1. The van der Waals surface area contributed by atoms with Crippen molar-refractivity contribution in [2.24, 2.45) is 47.3 Å². The molecule has 0 spiro atoms. The molecule has 0 radical (unpaired) electrons. The summed E-state index contributed by atoms with van der Waals surface area (Å²) in [6.07, 6.45) is 9.95. The molecule has 3 heterocycles. The van der Waals surface area contributed by atoms with Gasteiger partial charge in [0.1, 0.15) is 0 Å². The average Bonchev–Trinajstić information content (AvgIpc) is 3.68. The number of aliphatic hydroxyl groups is 1. The maximum Gasteiger partial charge on any atom is 0.233 e. The number of amides is 2. The van der Waals surface area contributed by atoms with Gasteiger partial charge in [-0.2, -0.15) is 0 Å². The van der Waals surface area contributed by atoms with E-state index in [2.05, 4.69) is 52.9 Å². The smallest absolute Gasteiger partial charge is 0.233 e. The predicted molar refractivity (Wildman–Crippen MR) is 152 cm³/mol. The van der Waals surface area contributed by atoms with Crippen molar-refractivity contribution in [3.05, 3.63) is 36.5 Å². The highest BCUT2D eigenvalue weighted by Crippen LogP contribution is 2.62. The van der Waals surface area contributed by atoms with Crippen LogP contribution in [0.25, 0.3) is 10.9 Å². The van der Waals surface area contributed by atoms with E-state index in [9.17, 15) is 14.7 Å². The van der Waals surface area contributed by atoms with Gasteiger partial charge in [0.15, 0.2) is 0 Å². The molecule has 6 heteroatoms. The number of benzene rings is 1. The molecule has 2 amide bonds. The van der Waals surface area contributed by atoms with Crippen LogP contribution in [0.4, 0.5) is 0 Å². The molecule has 1 N–H and O–H groups in total. The van der Waals surface area contributed by atoms with Crippen LogP contribution < -0.4 is 0 Å². The number of hydrogen-bond acceptors (Lipinski definition) is 4. The molecular formula is C33H45N3O3. The molecule has 3 aliphatic carbocycles. The van der Waals surface area contributed by atoms with Crippen LogP contribution in [0, 0.1) is 47.3 Å². The molecule has 5 aliphatic rings. The first-order chi connectivity index (χ1) is 18.9. The van der Waals surface area contributed by atoms with Crippen molar-refractivity contribution in [1.82, 2.24) is 14.4 Å². The lowest BCUT2D eigenvalue weighted by molar-refractivity contribution is -0.142. The van der Waals surface area contributed by atoms with Crippen molar-refractivity contribution in [2.75, 3.05) is 26.2 Å². The van der Waals surface area contributed by atoms with Gasteiger partial charge in [-0.1, -0.05) is 38.0 Å². The Bertz CT molecular complexity index is 1230. The summed E-state index contributed by atoms with van der Waals surface area (Å²) in [7, 11) is 0. The van der Waals surface area contributed by atoms with E-state index in [-0.39, 0.29) is 41.4 Å². The quantitative estimate of drug-likeness (QED) is 0.535. The Kier molecular flexibility index (Phi) is 6.62. The second-order valence-corrected chi connectivity index (χ2v) is 13.7. The lowest BCUT2D eigenvalue weighted by atomic mass is 9.68. The van der Waals surface area contributed by atoms with E-state index >= 15 is 0 Å². The fraction of sp³-hybridized carbons (Fsp3) is 0.697. The molecule has 9 atom stereocenters. The third kappa shape index (κ3) is 4.20. The van der Waals surface area contributed by atoms with Crippen LogP contribution >= 0.6 is 0 Å². The van der Waals surface area contributed by atoms with Crippen LogP contribution in [0.5, 0.6) is 0 Å². The highest BCUT2D eigenvalue weighted by atomic mass is 16.3. The van der Waals surface area contributed by atoms with E-state index in [0.29, 0.717) is 30.3 Å². The number of hydrogen-bond donors (Lipinski definition) is 1. The second kappa shape index (κ2) is 10.0. The van der Waals surface area contributed by atoms with Crippen LogP contribution in [0.1, 0.15) is 64.8 Å². The van der Waals surface area contributed by atoms with E-state index in [1.54, 1.807) is 4.90 Å². The number of nitrogens with zero attached hydrogens (tertiary/aromatic N) is 3. The van der Waals surface area contributed by atoms with E-state index < -0.39 is 6.10 Å². The highest BCUT2D eigenvalue weighted by molar-refractivity contribution is 6.06. The zero-order valence-corrected chi connectivity index (χ0v) is 23.6. The van der Waals surface area contributed by atoms with Crippen molar-refractivity contribution >= 4 is 22.7 Å². The third-order valence-electron chi connectivity index (χ3n) is 11.8. The van der Waals surface area contributed by atoms with E-state index in [1.165, 1.54) is 43.0 Å². The van der Waals surface area contributed by atoms with Crippen molar-refractivity contribution in [1.29, 1.82) is 0 Å². The second-order valence-electron chi connectivity index (χ2n) is 13.7. The maximum atomic E-state index is 13.7. The fourth-order valence-corrected chi connectivity index (χ4v) is 10.0.